The van der Waals surface area contributed by atoms with Crippen LogP contribution in [0.15, 0.2) is 81.4 Å². The van der Waals surface area contributed by atoms with Crippen molar-refractivity contribution in [2.45, 2.75) is 24.8 Å². The van der Waals surface area contributed by atoms with E-state index in [0.29, 0.717) is 11.3 Å². The van der Waals surface area contributed by atoms with Crippen LogP contribution in [0.3, 0.4) is 0 Å². The number of rotatable bonds is 4. The maximum absolute atomic E-state index is 12.2. The summed E-state index contributed by atoms with van der Waals surface area (Å²) >= 11 is 1.56. The Morgan fingerprint density at radius 3 is 2.77 bits per heavy atom. The zero-order valence-corrected chi connectivity index (χ0v) is 17.4. The number of aromatic nitrogens is 3. The fraction of sp³-hybridized carbons (Fsp3) is 0.125. The van der Waals surface area contributed by atoms with E-state index in [1.807, 2.05) is 28.8 Å². The summed E-state index contributed by atoms with van der Waals surface area (Å²) in [5.74, 6) is 0.583. The van der Waals surface area contributed by atoms with Crippen LogP contribution in [0, 0.1) is 13.8 Å². The van der Waals surface area contributed by atoms with Gasteiger partial charge in [0.2, 0.25) is 0 Å². The Labute approximate surface area is 177 Å². The van der Waals surface area contributed by atoms with Gasteiger partial charge in [-0.3, -0.25) is 4.57 Å². The minimum absolute atomic E-state index is 0.343. The fourth-order valence-corrected chi connectivity index (χ4v) is 4.74. The third kappa shape index (κ3) is 3.29. The molecule has 2 aromatic heterocycles. The number of nitrogens with zero attached hydrogens (tertiary/aromatic N) is 3. The van der Waals surface area contributed by atoms with Gasteiger partial charge in [0.1, 0.15) is 11.9 Å². The van der Waals surface area contributed by atoms with Gasteiger partial charge in [-0.2, -0.15) is 0 Å². The van der Waals surface area contributed by atoms with Crippen LogP contribution in [0.2, 0.25) is 0 Å². The molecule has 0 unspecified atom stereocenters. The molecule has 0 atom stereocenters. The molecular formula is C24H19N3O2S. The Kier molecular flexibility index (Phi) is 4.64. The topological polar surface area (TPSA) is 60.9 Å². The van der Waals surface area contributed by atoms with E-state index in [1.165, 1.54) is 5.56 Å². The maximum Gasteiger partial charge on any atom is 0.336 e. The minimum atomic E-state index is -0.343. The van der Waals surface area contributed by atoms with Crippen molar-refractivity contribution in [3.63, 3.8) is 0 Å². The van der Waals surface area contributed by atoms with E-state index in [9.17, 15) is 4.79 Å². The van der Waals surface area contributed by atoms with Gasteiger partial charge in [0.15, 0.2) is 5.16 Å². The van der Waals surface area contributed by atoms with Gasteiger partial charge in [0.25, 0.3) is 0 Å². The first-order valence-corrected chi connectivity index (χ1v) is 10.6. The number of fused-ring (bicyclic) bond motifs is 3. The molecular weight excluding hydrogens is 394 g/mol. The summed E-state index contributed by atoms with van der Waals surface area (Å²) in [4.78, 5) is 12.2. The first-order chi connectivity index (χ1) is 14.6. The Morgan fingerprint density at radius 1 is 1.03 bits per heavy atom. The number of hydrogen-bond donors (Lipinski definition) is 0. The molecule has 0 amide bonds. The fourth-order valence-electron chi connectivity index (χ4n) is 3.84. The number of hydrogen-bond acceptors (Lipinski definition) is 5. The number of aryl methyl sites for hydroxylation is 2. The van der Waals surface area contributed by atoms with Crippen LogP contribution in [0.25, 0.3) is 27.4 Å². The molecule has 30 heavy (non-hydrogen) atoms. The van der Waals surface area contributed by atoms with E-state index in [-0.39, 0.29) is 5.63 Å². The summed E-state index contributed by atoms with van der Waals surface area (Å²) in [6.45, 7) is 4.16. The highest BCUT2D eigenvalue weighted by Gasteiger charge is 2.13. The Morgan fingerprint density at radius 2 is 1.90 bits per heavy atom. The van der Waals surface area contributed by atoms with Crippen molar-refractivity contribution in [2.75, 3.05) is 0 Å². The molecule has 5 rings (SSSR count). The van der Waals surface area contributed by atoms with Gasteiger partial charge in [-0.25, -0.2) is 4.79 Å². The van der Waals surface area contributed by atoms with E-state index in [4.69, 9.17) is 4.42 Å². The van der Waals surface area contributed by atoms with Gasteiger partial charge in [-0.1, -0.05) is 59.8 Å². The monoisotopic (exact) mass is 413 g/mol. The van der Waals surface area contributed by atoms with Gasteiger partial charge in [-0.15, -0.1) is 10.2 Å². The molecule has 0 aliphatic heterocycles. The lowest BCUT2D eigenvalue weighted by Crippen LogP contribution is -2.02. The standard InChI is InChI=1S/C24H19N3O2S/c1-15-7-9-20(16(2)11-15)27-14-25-26-24(27)30-13-18-12-22(28)29-21-10-8-17-5-3-4-6-19(17)23(18)21/h3-12,14H,13H2,1-2H3. The Hall–Kier alpha value is -3.38. The van der Waals surface area contributed by atoms with Crippen molar-refractivity contribution in [3.05, 3.63) is 94.1 Å². The van der Waals surface area contributed by atoms with Crippen molar-refractivity contribution in [1.29, 1.82) is 0 Å². The van der Waals surface area contributed by atoms with Crippen molar-refractivity contribution >= 4 is 33.5 Å². The molecule has 0 bridgehead atoms. The lowest BCUT2D eigenvalue weighted by atomic mass is 10.0. The van der Waals surface area contributed by atoms with E-state index < -0.39 is 0 Å². The molecule has 0 radical (unpaired) electrons. The van der Waals surface area contributed by atoms with Crippen molar-refractivity contribution in [2.24, 2.45) is 0 Å². The molecule has 0 fully saturated rings. The summed E-state index contributed by atoms with van der Waals surface area (Å²) in [6.07, 6.45) is 1.73. The number of benzene rings is 3. The van der Waals surface area contributed by atoms with Gasteiger partial charge in [0, 0.05) is 17.2 Å². The van der Waals surface area contributed by atoms with Crippen LogP contribution in [0.1, 0.15) is 16.7 Å². The van der Waals surface area contributed by atoms with Gasteiger partial charge in [-0.05, 0) is 47.9 Å². The molecule has 5 aromatic rings. The second-order valence-corrected chi connectivity index (χ2v) is 8.26. The normalized spacial score (nSPS) is 11.4. The second kappa shape index (κ2) is 7.46. The zero-order chi connectivity index (χ0) is 20.7. The summed E-state index contributed by atoms with van der Waals surface area (Å²) in [7, 11) is 0. The van der Waals surface area contributed by atoms with Crippen molar-refractivity contribution in [1.82, 2.24) is 14.8 Å². The number of thioether (sulfide) groups is 1. The summed E-state index contributed by atoms with van der Waals surface area (Å²) < 4.78 is 7.46. The van der Waals surface area contributed by atoms with E-state index in [2.05, 4.69) is 54.4 Å². The molecule has 0 aliphatic carbocycles. The summed E-state index contributed by atoms with van der Waals surface area (Å²) in [6, 6.07) is 19.9. The first-order valence-electron chi connectivity index (χ1n) is 9.65. The molecule has 0 spiro atoms. The van der Waals surface area contributed by atoms with Crippen LogP contribution >= 0.6 is 11.8 Å². The lowest BCUT2D eigenvalue weighted by Gasteiger charge is -2.11. The molecule has 0 saturated heterocycles. The van der Waals surface area contributed by atoms with Crippen LogP contribution in [-0.4, -0.2) is 14.8 Å². The highest BCUT2D eigenvalue weighted by molar-refractivity contribution is 7.98. The quantitative estimate of drug-likeness (QED) is 0.223. The molecule has 0 N–H and O–H groups in total. The van der Waals surface area contributed by atoms with Gasteiger partial charge >= 0.3 is 5.63 Å². The Balaban J connectivity index is 1.56. The molecule has 0 aliphatic rings. The average molecular weight is 414 g/mol. The second-order valence-electron chi connectivity index (χ2n) is 7.31. The van der Waals surface area contributed by atoms with Crippen LogP contribution < -0.4 is 5.63 Å². The van der Waals surface area contributed by atoms with E-state index in [1.54, 1.807) is 24.2 Å². The highest BCUT2D eigenvalue weighted by atomic mass is 32.2. The van der Waals surface area contributed by atoms with Gasteiger partial charge < -0.3 is 4.42 Å². The SMILES string of the molecule is Cc1ccc(-n2cnnc2SCc2cc(=O)oc3ccc4ccccc4c23)c(C)c1. The van der Waals surface area contributed by atoms with E-state index >= 15 is 0 Å². The van der Waals surface area contributed by atoms with Crippen LogP contribution in [0.4, 0.5) is 0 Å². The molecule has 6 heteroatoms. The average Bonchev–Trinajstić information content (AvgIpc) is 3.20. The van der Waals surface area contributed by atoms with Crippen LogP contribution in [0.5, 0.6) is 0 Å². The summed E-state index contributed by atoms with van der Waals surface area (Å²) in [5, 5.41) is 12.4. The first kappa shape index (κ1) is 18.6. The predicted octanol–water partition coefficient (Wildman–Crippen LogP) is 5.44. The molecule has 5 nitrogen and oxygen atoms in total. The molecule has 0 saturated carbocycles. The third-order valence-corrected chi connectivity index (χ3v) is 6.19. The van der Waals surface area contributed by atoms with Crippen LogP contribution in [-0.2, 0) is 5.75 Å². The zero-order valence-electron chi connectivity index (χ0n) is 16.6. The molecule has 148 valence electrons. The van der Waals surface area contributed by atoms with E-state index in [0.717, 1.165) is 38.1 Å². The predicted molar refractivity (Wildman–Crippen MR) is 120 cm³/mol. The van der Waals surface area contributed by atoms with Gasteiger partial charge in [0.05, 0.1) is 5.69 Å². The Bertz CT molecular complexity index is 1450. The molecule has 3 aromatic carbocycles. The smallest absolute Gasteiger partial charge is 0.336 e. The van der Waals surface area contributed by atoms with Crippen molar-refractivity contribution in [3.8, 4) is 5.69 Å². The maximum atomic E-state index is 12.2. The minimum Gasteiger partial charge on any atom is -0.423 e. The lowest BCUT2D eigenvalue weighted by molar-refractivity contribution is 0.560. The summed E-state index contributed by atoms with van der Waals surface area (Å²) in [5.41, 5.74) is 4.62. The van der Waals surface area contributed by atoms with Crippen molar-refractivity contribution < 1.29 is 4.42 Å². The molecule has 2 heterocycles. The third-order valence-electron chi connectivity index (χ3n) is 5.20. The highest BCUT2D eigenvalue weighted by Crippen LogP contribution is 2.32. The largest absolute Gasteiger partial charge is 0.423 e.